The lowest BCUT2D eigenvalue weighted by molar-refractivity contribution is -0.411. The van der Waals surface area contributed by atoms with Gasteiger partial charge >= 0.3 is 0 Å². The van der Waals surface area contributed by atoms with Gasteiger partial charge in [-0.3, -0.25) is 24.2 Å². The van der Waals surface area contributed by atoms with Crippen molar-refractivity contribution >= 4 is 11.8 Å². The van der Waals surface area contributed by atoms with Crippen molar-refractivity contribution in [2.45, 2.75) is 6.92 Å². The Morgan fingerprint density at radius 1 is 1.29 bits per heavy atom. The van der Waals surface area contributed by atoms with Gasteiger partial charge in [-0.05, 0) is 6.92 Å². The average molecular weight is 200 g/mol. The van der Waals surface area contributed by atoms with Crippen molar-refractivity contribution in [3.8, 4) is 0 Å². The van der Waals surface area contributed by atoms with Crippen LogP contribution >= 0.6 is 0 Å². The molecule has 0 aromatic heterocycles. The van der Waals surface area contributed by atoms with Crippen LogP contribution in [0.25, 0.3) is 0 Å². The van der Waals surface area contributed by atoms with Crippen LogP contribution in [0.4, 0.5) is 0 Å². The third kappa shape index (κ3) is 1.01. The molecule has 2 aliphatic rings. The second-order valence-corrected chi connectivity index (χ2v) is 3.45. The fourth-order valence-corrected chi connectivity index (χ4v) is 1.65. The molecule has 78 valence electrons. The van der Waals surface area contributed by atoms with E-state index in [1.165, 1.54) is 12.3 Å². The Morgan fingerprint density at radius 2 is 1.79 bits per heavy atom. The molecule has 2 fully saturated rings. The van der Waals surface area contributed by atoms with Crippen LogP contribution in [0.15, 0.2) is 0 Å². The zero-order chi connectivity index (χ0) is 10.3. The van der Waals surface area contributed by atoms with E-state index in [0.29, 0.717) is 6.54 Å². The summed E-state index contributed by atoms with van der Waals surface area (Å²) in [5.41, 5.74) is -1.07. The molecule has 0 saturated carbocycles. The van der Waals surface area contributed by atoms with Crippen molar-refractivity contribution in [1.29, 1.82) is 0 Å². The van der Waals surface area contributed by atoms with Gasteiger partial charge in [0.15, 0.2) is 5.41 Å². The van der Waals surface area contributed by atoms with Crippen molar-refractivity contribution in [2.24, 2.45) is 5.41 Å². The lowest BCUT2D eigenvalue weighted by Gasteiger charge is -2.46. The lowest BCUT2D eigenvalue weighted by atomic mass is 9.79. The van der Waals surface area contributed by atoms with Crippen LogP contribution in [0.5, 0.6) is 0 Å². The summed E-state index contributed by atoms with van der Waals surface area (Å²) in [5.74, 6) is -0.448. The molecule has 2 rings (SSSR count). The zero-order valence-electron chi connectivity index (χ0n) is 8.15. The second kappa shape index (κ2) is 3.01. The summed E-state index contributed by atoms with van der Waals surface area (Å²) < 4.78 is 0. The highest BCUT2D eigenvalue weighted by atomic mass is 17.0. The van der Waals surface area contributed by atoms with Crippen LogP contribution in [0.3, 0.4) is 0 Å². The molecular formula is C8H12N2O4. The number of amides is 2. The molecule has 14 heavy (non-hydrogen) atoms. The van der Waals surface area contributed by atoms with E-state index in [4.69, 9.17) is 9.68 Å². The Bertz CT molecular complexity index is 265. The van der Waals surface area contributed by atoms with E-state index in [2.05, 4.69) is 0 Å². The highest BCUT2D eigenvalue weighted by molar-refractivity contribution is 6.21. The maximum atomic E-state index is 11.5. The molecule has 2 amide bonds. The van der Waals surface area contributed by atoms with Crippen LogP contribution in [-0.2, 0) is 19.3 Å². The molecule has 2 saturated heterocycles. The van der Waals surface area contributed by atoms with E-state index in [-0.39, 0.29) is 25.0 Å². The van der Waals surface area contributed by atoms with Gasteiger partial charge in [-0.25, -0.2) is 0 Å². The Morgan fingerprint density at radius 3 is 2.21 bits per heavy atom. The van der Waals surface area contributed by atoms with Gasteiger partial charge in [-0.2, -0.15) is 0 Å². The largest absolute Gasteiger partial charge is 0.284 e. The van der Waals surface area contributed by atoms with E-state index in [9.17, 15) is 9.59 Å². The molecule has 0 atom stereocenters. The maximum Gasteiger partial charge on any atom is 0.249 e. The van der Waals surface area contributed by atoms with Crippen molar-refractivity contribution in [3.05, 3.63) is 0 Å². The lowest BCUT2D eigenvalue weighted by Crippen LogP contribution is -2.70. The number of likely N-dealkylation sites (tertiary alicyclic amines) is 1. The standard InChI is InChI=1S/C8H12N2O4/c1-3-10-13-4-8(5-14-10)6(11)9(2)7(8)12/h3-5H2,1-2H3. The van der Waals surface area contributed by atoms with Gasteiger partial charge in [-0.15, -0.1) is 0 Å². The first-order valence-electron chi connectivity index (χ1n) is 4.48. The fraction of sp³-hybridized carbons (Fsp3) is 0.750. The Labute approximate surface area is 81.3 Å². The SMILES string of the molecule is CCN1OCC2(CO1)C(=O)N(C)C2=O. The number of rotatable bonds is 1. The number of carbonyl (C=O) groups is 2. The van der Waals surface area contributed by atoms with E-state index in [0.717, 1.165) is 4.90 Å². The molecule has 6 heteroatoms. The summed E-state index contributed by atoms with van der Waals surface area (Å²) in [6.07, 6.45) is 0. The summed E-state index contributed by atoms with van der Waals surface area (Å²) in [6.45, 7) is 2.59. The highest BCUT2D eigenvalue weighted by Crippen LogP contribution is 2.36. The van der Waals surface area contributed by atoms with Crippen molar-refractivity contribution in [3.63, 3.8) is 0 Å². The van der Waals surface area contributed by atoms with Crippen molar-refractivity contribution in [2.75, 3.05) is 26.8 Å². The van der Waals surface area contributed by atoms with Crippen molar-refractivity contribution < 1.29 is 19.3 Å². The zero-order valence-corrected chi connectivity index (χ0v) is 8.15. The summed E-state index contributed by atoms with van der Waals surface area (Å²) in [6, 6.07) is 0. The molecule has 0 radical (unpaired) electrons. The monoisotopic (exact) mass is 200 g/mol. The minimum absolute atomic E-state index is 0.0862. The van der Waals surface area contributed by atoms with E-state index in [1.54, 1.807) is 0 Å². The normalized spacial score (nSPS) is 26.9. The number of hydrogen-bond donors (Lipinski definition) is 0. The second-order valence-electron chi connectivity index (χ2n) is 3.45. The number of nitrogens with zero attached hydrogens (tertiary/aromatic N) is 2. The van der Waals surface area contributed by atoms with Crippen LogP contribution in [0.1, 0.15) is 6.92 Å². The molecule has 0 N–H and O–H groups in total. The van der Waals surface area contributed by atoms with Crippen LogP contribution < -0.4 is 0 Å². The predicted octanol–water partition coefficient (Wildman–Crippen LogP) is -0.830. The molecule has 0 bridgehead atoms. The maximum absolute atomic E-state index is 11.5. The minimum Gasteiger partial charge on any atom is -0.284 e. The number of hydroxylamine groups is 2. The van der Waals surface area contributed by atoms with Crippen LogP contribution in [0.2, 0.25) is 0 Å². The quantitative estimate of drug-likeness (QED) is 0.408. The predicted molar refractivity (Wildman–Crippen MR) is 44.5 cm³/mol. The molecule has 6 nitrogen and oxygen atoms in total. The van der Waals surface area contributed by atoms with Gasteiger partial charge in [0.05, 0.1) is 13.2 Å². The molecule has 2 heterocycles. The molecule has 0 aliphatic carbocycles. The first kappa shape index (κ1) is 9.57. The van der Waals surface area contributed by atoms with Crippen LogP contribution in [-0.4, -0.2) is 48.7 Å². The summed E-state index contributed by atoms with van der Waals surface area (Å²) >= 11 is 0. The van der Waals surface area contributed by atoms with E-state index < -0.39 is 5.41 Å². The highest BCUT2D eigenvalue weighted by Gasteiger charge is 2.62. The molecule has 1 spiro atoms. The van der Waals surface area contributed by atoms with Crippen molar-refractivity contribution in [1.82, 2.24) is 10.1 Å². The Balaban J connectivity index is 2.07. The van der Waals surface area contributed by atoms with Gasteiger partial charge in [0.1, 0.15) is 0 Å². The first-order chi connectivity index (χ1) is 6.62. The van der Waals surface area contributed by atoms with E-state index >= 15 is 0 Å². The molecule has 0 aromatic carbocycles. The molecular weight excluding hydrogens is 188 g/mol. The average Bonchev–Trinajstić information content (AvgIpc) is 2.27. The van der Waals surface area contributed by atoms with Gasteiger partial charge < -0.3 is 0 Å². The summed E-state index contributed by atoms with van der Waals surface area (Å²) in [5, 5.41) is 1.28. The van der Waals surface area contributed by atoms with Gasteiger partial charge in [-0.1, -0.05) is 5.23 Å². The van der Waals surface area contributed by atoms with Crippen LogP contribution in [0, 0.1) is 5.41 Å². The number of hydrogen-bond acceptors (Lipinski definition) is 5. The van der Waals surface area contributed by atoms with Gasteiger partial charge in [0.2, 0.25) is 11.8 Å². The molecule has 0 aromatic rings. The summed E-state index contributed by atoms with van der Waals surface area (Å²) in [7, 11) is 1.46. The first-order valence-corrected chi connectivity index (χ1v) is 4.48. The van der Waals surface area contributed by atoms with Gasteiger partial charge in [0.25, 0.3) is 0 Å². The smallest absolute Gasteiger partial charge is 0.249 e. The Kier molecular flexibility index (Phi) is 2.06. The fourth-order valence-electron chi connectivity index (χ4n) is 1.65. The van der Waals surface area contributed by atoms with E-state index in [1.807, 2.05) is 6.92 Å². The molecule has 2 aliphatic heterocycles. The number of imide groups is 1. The third-order valence-electron chi connectivity index (χ3n) is 2.60. The summed E-state index contributed by atoms with van der Waals surface area (Å²) in [4.78, 5) is 34.3. The minimum atomic E-state index is -1.07. The third-order valence-corrected chi connectivity index (χ3v) is 2.60. The topological polar surface area (TPSA) is 59.1 Å². The number of β-lactam (4-membered cyclic amide) rings is 2. The molecule has 0 unspecified atom stereocenters. The number of carbonyl (C=O) groups excluding carboxylic acids is 2. The Hall–Kier alpha value is -0.980. The van der Waals surface area contributed by atoms with Gasteiger partial charge in [0, 0.05) is 13.6 Å².